The molecule has 4 aromatic heterocycles. The molecule has 0 radical (unpaired) electrons. The lowest BCUT2D eigenvalue weighted by atomic mass is 9.96. The van der Waals surface area contributed by atoms with Gasteiger partial charge in [0.1, 0.15) is 0 Å². The third-order valence-electron chi connectivity index (χ3n) is 14.5. The number of unbranched alkanes of at least 4 members (excludes halogenated alkanes) is 10. The van der Waals surface area contributed by atoms with E-state index in [1.54, 1.807) is 0 Å². The summed E-state index contributed by atoms with van der Waals surface area (Å²) >= 11 is 3.85. The van der Waals surface area contributed by atoms with Crippen LogP contribution in [0.25, 0.3) is 106 Å². The fourth-order valence-electron chi connectivity index (χ4n) is 11.4. The minimum absolute atomic E-state index is 1.00. The van der Waals surface area contributed by atoms with E-state index < -0.39 is 0 Å². The minimum atomic E-state index is 1.00. The average molecular weight is 893 g/mol. The number of thiophene rings is 2. The highest BCUT2D eigenvalue weighted by Crippen LogP contribution is 2.46. The molecule has 0 unspecified atom stereocenters. The molecule has 66 heavy (non-hydrogen) atoms. The number of fused-ring (bicyclic) bond motifs is 18. The Morgan fingerprint density at radius 3 is 1.20 bits per heavy atom. The van der Waals surface area contributed by atoms with E-state index in [1.165, 1.54) is 183 Å². The zero-order chi connectivity index (χ0) is 44.1. The molecule has 0 aliphatic carbocycles. The van der Waals surface area contributed by atoms with Gasteiger partial charge in [0, 0.05) is 119 Å². The molecule has 0 aliphatic rings. The summed E-state index contributed by atoms with van der Waals surface area (Å²) in [4.78, 5) is 0. The van der Waals surface area contributed by atoms with Gasteiger partial charge in [-0.25, -0.2) is 0 Å². The van der Waals surface area contributed by atoms with Crippen LogP contribution in [0.15, 0.2) is 133 Å². The van der Waals surface area contributed by atoms with Gasteiger partial charge < -0.3 is 9.13 Å². The second-order valence-electron chi connectivity index (χ2n) is 18.7. The summed E-state index contributed by atoms with van der Waals surface area (Å²) in [7, 11) is 0. The van der Waals surface area contributed by atoms with Crippen molar-refractivity contribution in [1.82, 2.24) is 9.13 Å². The van der Waals surface area contributed by atoms with Crippen LogP contribution in [0.3, 0.4) is 0 Å². The first kappa shape index (κ1) is 41.3. The highest BCUT2D eigenvalue weighted by Gasteiger charge is 2.22. The van der Waals surface area contributed by atoms with Gasteiger partial charge in [-0.05, 0) is 49.2 Å². The molecule has 326 valence electrons. The molecule has 0 fully saturated rings. The Balaban J connectivity index is 1.13. The molecule has 0 saturated heterocycles. The SMILES string of the molecule is CCCCCCCCn1c2ccccc2c2c(C#Cc3cc4c(ccc5c6ccccc6sc54)c4c3c3ccccc3n4CCCCCCCC)cc3c(ccc4c5ccccc5sc43)c21. The molecule has 2 nitrogen and oxygen atoms in total. The Bertz CT molecular complexity index is 3620. The second-order valence-corrected chi connectivity index (χ2v) is 20.8. The number of nitrogens with zero attached hydrogens (tertiary/aromatic N) is 2. The molecule has 0 atom stereocenters. The van der Waals surface area contributed by atoms with Crippen LogP contribution in [0.5, 0.6) is 0 Å². The molecule has 4 heteroatoms. The number of aromatic nitrogens is 2. The van der Waals surface area contributed by atoms with E-state index in [-0.39, 0.29) is 0 Å². The highest BCUT2D eigenvalue weighted by molar-refractivity contribution is 7.27. The third kappa shape index (κ3) is 6.89. The first-order valence-electron chi connectivity index (χ1n) is 24.8. The van der Waals surface area contributed by atoms with Crippen LogP contribution < -0.4 is 0 Å². The Kier molecular flexibility index (Phi) is 11.0. The maximum absolute atomic E-state index is 4.00. The predicted octanol–water partition coefficient (Wildman–Crippen LogP) is 19.1. The maximum Gasteiger partial charge on any atom is 0.0584 e. The van der Waals surface area contributed by atoms with E-state index >= 15 is 0 Å². The number of para-hydroxylation sites is 2. The minimum Gasteiger partial charge on any atom is -0.340 e. The van der Waals surface area contributed by atoms with Crippen LogP contribution in [0.4, 0.5) is 0 Å². The molecule has 8 aromatic carbocycles. The van der Waals surface area contributed by atoms with Crippen LogP contribution in [0, 0.1) is 11.8 Å². The van der Waals surface area contributed by atoms with Gasteiger partial charge in [0.05, 0.1) is 11.0 Å². The van der Waals surface area contributed by atoms with Crippen molar-refractivity contribution in [2.45, 2.75) is 104 Å². The lowest BCUT2D eigenvalue weighted by molar-refractivity contribution is 0.571. The van der Waals surface area contributed by atoms with Crippen molar-refractivity contribution in [2.24, 2.45) is 0 Å². The summed E-state index contributed by atoms with van der Waals surface area (Å²) in [6.07, 6.45) is 15.3. The van der Waals surface area contributed by atoms with E-state index in [0.29, 0.717) is 0 Å². The van der Waals surface area contributed by atoms with Crippen LogP contribution >= 0.6 is 22.7 Å². The number of hydrogen-bond donors (Lipinski definition) is 0. The second kappa shape index (κ2) is 17.6. The van der Waals surface area contributed by atoms with E-state index in [0.717, 1.165) is 24.2 Å². The van der Waals surface area contributed by atoms with Gasteiger partial charge in [-0.1, -0.05) is 187 Å². The smallest absolute Gasteiger partial charge is 0.0584 e. The Labute approximate surface area is 395 Å². The molecule has 4 heterocycles. The first-order valence-corrected chi connectivity index (χ1v) is 26.4. The number of aryl methyl sites for hydroxylation is 2. The predicted molar refractivity (Wildman–Crippen MR) is 292 cm³/mol. The van der Waals surface area contributed by atoms with Crippen molar-refractivity contribution in [2.75, 3.05) is 0 Å². The molecule has 0 aliphatic heterocycles. The van der Waals surface area contributed by atoms with Crippen molar-refractivity contribution < 1.29 is 0 Å². The largest absolute Gasteiger partial charge is 0.340 e. The standard InChI is InChI=1S/C62H56N2S2/c1-3-5-7-9-11-21-37-63-53-27-17-13-25-49(53)57-41(39-51-45(59(57)63)33-35-47-43-23-15-19-29-55(43)65-61(47)51)31-32-42-40-52-46(34-36-48-44-24-16-20-30-56(44)66-62(48)52)60-58(42)50-26-14-18-28-54(50)64(60)38-22-12-10-8-6-4-2/h13-20,23-30,33-36,39-40H,3-12,21-22,37-38H2,1-2H3. The summed E-state index contributed by atoms with van der Waals surface area (Å²) < 4.78 is 10.7. The first-order chi connectivity index (χ1) is 32.7. The molecular weight excluding hydrogens is 837 g/mol. The Hall–Kier alpha value is -6.12. The lowest BCUT2D eigenvalue weighted by Gasteiger charge is -2.12. The van der Waals surface area contributed by atoms with E-state index in [1.807, 2.05) is 22.7 Å². The van der Waals surface area contributed by atoms with Gasteiger partial charge in [0.2, 0.25) is 0 Å². The molecule has 12 rings (SSSR count). The topological polar surface area (TPSA) is 9.86 Å². The summed E-state index contributed by atoms with van der Waals surface area (Å²) in [6, 6.07) is 50.6. The number of rotatable bonds is 14. The Morgan fingerprint density at radius 2 is 0.742 bits per heavy atom. The molecule has 0 N–H and O–H groups in total. The molecule has 12 aromatic rings. The van der Waals surface area contributed by atoms with Crippen molar-refractivity contribution in [3.63, 3.8) is 0 Å². The quantitative estimate of drug-likeness (QED) is 0.0760. The van der Waals surface area contributed by atoms with E-state index in [4.69, 9.17) is 0 Å². The zero-order valence-electron chi connectivity index (χ0n) is 38.3. The summed E-state index contributed by atoms with van der Waals surface area (Å²) in [5.41, 5.74) is 7.51. The van der Waals surface area contributed by atoms with Crippen molar-refractivity contribution >= 4 is 128 Å². The van der Waals surface area contributed by atoms with Gasteiger partial charge in [-0.15, -0.1) is 22.7 Å². The van der Waals surface area contributed by atoms with Crippen LogP contribution in [0.2, 0.25) is 0 Å². The van der Waals surface area contributed by atoms with E-state index in [2.05, 4.69) is 168 Å². The summed E-state index contributed by atoms with van der Waals surface area (Å²) in [5.74, 6) is 8.01. The highest BCUT2D eigenvalue weighted by atomic mass is 32.1. The number of benzene rings is 8. The molecule has 0 spiro atoms. The van der Waals surface area contributed by atoms with Gasteiger partial charge in [0.25, 0.3) is 0 Å². The lowest BCUT2D eigenvalue weighted by Crippen LogP contribution is -1.99. The van der Waals surface area contributed by atoms with Gasteiger partial charge >= 0.3 is 0 Å². The average Bonchev–Trinajstić information content (AvgIpc) is 4.11. The Morgan fingerprint density at radius 1 is 0.364 bits per heavy atom. The maximum atomic E-state index is 4.00. The van der Waals surface area contributed by atoms with Gasteiger partial charge in [-0.2, -0.15) is 0 Å². The van der Waals surface area contributed by atoms with Gasteiger partial charge in [0.15, 0.2) is 0 Å². The fourth-order valence-corrected chi connectivity index (χ4v) is 13.8. The normalized spacial score (nSPS) is 12.2. The third-order valence-corrected chi connectivity index (χ3v) is 17.0. The van der Waals surface area contributed by atoms with Crippen molar-refractivity contribution in [3.8, 4) is 11.8 Å². The summed E-state index contributed by atoms with van der Waals surface area (Å²) in [6.45, 7) is 6.61. The zero-order valence-corrected chi connectivity index (χ0v) is 39.9. The van der Waals surface area contributed by atoms with Crippen LogP contribution in [0.1, 0.15) is 102 Å². The molecular formula is C62H56N2S2. The van der Waals surface area contributed by atoms with Crippen molar-refractivity contribution in [3.05, 3.63) is 145 Å². The fraction of sp³-hybridized carbons (Fsp3) is 0.258. The number of hydrogen-bond acceptors (Lipinski definition) is 2. The van der Waals surface area contributed by atoms with Gasteiger partial charge in [-0.3, -0.25) is 0 Å². The molecule has 0 saturated carbocycles. The molecule has 0 amide bonds. The monoisotopic (exact) mass is 892 g/mol. The van der Waals surface area contributed by atoms with Crippen molar-refractivity contribution in [1.29, 1.82) is 0 Å². The summed E-state index contributed by atoms with van der Waals surface area (Å²) in [5, 5.41) is 15.8. The van der Waals surface area contributed by atoms with Crippen LogP contribution in [-0.4, -0.2) is 9.13 Å². The molecule has 0 bridgehead atoms. The van der Waals surface area contributed by atoms with E-state index in [9.17, 15) is 0 Å². The van der Waals surface area contributed by atoms with Crippen LogP contribution in [-0.2, 0) is 13.1 Å².